The molecule has 2 N–H and O–H groups in total. The molecule has 4 nitrogen and oxygen atoms in total. The minimum atomic E-state index is -0.00769. The van der Waals surface area contributed by atoms with Crippen molar-refractivity contribution in [3.05, 3.63) is 35.9 Å². The lowest BCUT2D eigenvalue weighted by atomic mass is 9.65. The highest BCUT2D eigenvalue weighted by Crippen LogP contribution is 2.43. The van der Waals surface area contributed by atoms with Gasteiger partial charge >= 0.3 is 0 Å². The van der Waals surface area contributed by atoms with Crippen LogP contribution in [-0.2, 0) is 9.53 Å². The van der Waals surface area contributed by atoms with E-state index in [2.05, 4.69) is 24.0 Å². The molecular weight excluding hydrogens is 312 g/mol. The second-order valence-corrected chi connectivity index (χ2v) is 8.27. The van der Waals surface area contributed by atoms with Gasteiger partial charge in [-0.1, -0.05) is 36.8 Å². The van der Waals surface area contributed by atoms with Crippen molar-refractivity contribution in [1.82, 2.24) is 4.90 Å². The Morgan fingerprint density at radius 2 is 1.84 bits per heavy atom. The summed E-state index contributed by atoms with van der Waals surface area (Å²) in [5.41, 5.74) is 7.57. The summed E-state index contributed by atoms with van der Waals surface area (Å²) < 4.78 is 6.02. The first-order valence-electron chi connectivity index (χ1n) is 9.86. The number of carbonyl (C=O) groups excluding carboxylic acids is 1. The van der Waals surface area contributed by atoms with Crippen molar-refractivity contribution in [2.45, 2.75) is 57.2 Å². The van der Waals surface area contributed by atoms with E-state index in [1.54, 1.807) is 0 Å². The first-order valence-corrected chi connectivity index (χ1v) is 9.86. The summed E-state index contributed by atoms with van der Waals surface area (Å²) in [4.78, 5) is 15.4. The largest absolute Gasteiger partial charge is 0.370 e. The van der Waals surface area contributed by atoms with Crippen LogP contribution in [0, 0.1) is 17.8 Å². The fourth-order valence-corrected chi connectivity index (χ4v) is 5.16. The third-order valence-electron chi connectivity index (χ3n) is 6.65. The zero-order chi connectivity index (χ0) is 17.4. The fourth-order valence-electron chi connectivity index (χ4n) is 5.16. The smallest absolute Gasteiger partial charge is 0.226 e. The summed E-state index contributed by atoms with van der Waals surface area (Å²) in [6.07, 6.45) is 5.65. The van der Waals surface area contributed by atoms with Crippen molar-refractivity contribution < 1.29 is 9.53 Å². The topological polar surface area (TPSA) is 55.6 Å². The quantitative estimate of drug-likeness (QED) is 0.898. The van der Waals surface area contributed by atoms with Gasteiger partial charge in [0, 0.05) is 12.0 Å². The molecule has 1 aliphatic heterocycles. The van der Waals surface area contributed by atoms with Crippen LogP contribution in [0.3, 0.4) is 0 Å². The summed E-state index contributed by atoms with van der Waals surface area (Å²) in [6.45, 7) is 3.39. The number of morpholine rings is 1. The van der Waals surface area contributed by atoms with Crippen LogP contribution in [-0.4, -0.2) is 36.0 Å². The van der Waals surface area contributed by atoms with Gasteiger partial charge in [0.05, 0.1) is 19.2 Å². The van der Waals surface area contributed by atoms with Gasteiger partial charge in [0.1, 0.15) is 6.10 Å². The van der Waals surface area contributed by atoms with Crippen molar-refractivity contribution >= 4 is 5.91 Å². The summed E-state index contributed by atoms with van der Waals surface area (Å²) in [5, 5.41) is 0. The Hall–Kier alpha value is -1.39. The predicted octanol–water partition coefficient (Wildman–Crippen LogP) is 3.13. The van der Waals surface area contributed by atoms with Crippen LogP contribution in [0.5, 0.6) is 0 Å². The van der Waals surface area contributed by atoms with Crippen molar-refractivity contribution in [3.63, 3.8) is 0 Å². The van der Waals surface area contributed by atoms with Crippen LogP contribution >= 0.6 is 0 Å². The molecule has 2 bridgehead atoms. The first-order chi connectivity index (χ1) is 12.1. The van der Waals surface area contributed by atoms with E-state index in [-0.39, 0.29) is 18.1 Å². The Labute approximate surface area is 150 Å². The zero-order valence-electron chi connectivity index (χ0n) is 15.1. The summed E-state index contributed by atoms with van der Waals surface area (Å²) in [6, 6.07) is 10.7. The lowest BCUT2D eigenvalue weighted by molar-refractivity contribution is -0.151. The number of benzene rings is 1. The number of rotatable bonds is 2. The molecule has 136 valence electrons. The average Bonchev–Trinajstić information content (AvgIpc) is 2.62. The van der Waals surface area contributed by atoms with E-state index >= 15 is 0 Å². The Bertz CT molecular complexity index is 591. The molecule has 4 rings (SSSR count). The molecule has 2 saturated carbocycles. The molecule has 0 spiro atoms. The number of nitrogens with two attached hydrogens (primary N) is 1. The molecule has 1 aromatic carbocycles. The number of nitrogens with zero attached hydrogens (tertiary/aromatic N) is 1. The van der Waals surface area contributed by atoms with E-state index < -0.39 is 0 Å². The van der Waals surface area contributed by atoms with E-state index in [0.29, 0.717) is 36.9 Å². The third kappa shape index (κ3) is 3.34. The number of amides is 1. The molecule has 4 unspecified atom stereocenters. The second kappa shape index (κ2) is 7.08. The van der Waals surface area contributed by atoms with E-state index in [9.17, 15) is 4.79 Å². The van der Waals surface area contributed by atoms with Crippen LogP contribution in [0.15, 0.2) is 30.3 Å². The van der Waals surface area contributed by atoms with E-state index in [1.165, 1.54) is 19.3 Å². The van der Waals surface area contributed by atoms with Crippen molar-refractivity contribution in [2.75, 3.05) is 13.2 Å². The summed E-state index contributed by atoms with van der Waals surface area (Å²) in [5.74, 6) is 1.58. The highest BCUT2D eigenvalue weighted by Gasteiger charge is 2.43. The van der Waals surface area contributed by atoms with Crippen molar-refractivity contribution in [1.29, 1.82) is 0 Å². The molecule has 1 aromatic rings. The van der Waals surface area contributed by atoms with Gasteiger partial charge in [-0.15, -0.1) is 0 Å². The molecule has 25 heavy (non-hydrogen) atoms. The molecular formula is C21H30N2O2. The van der Waals surface area contributed by atoms with Gasteiger partial charge in [0.25, 0.3) is 0 Å². The monoisotopic (exact) mass is 342 g/mol. The van der Waals surface area contributed by atoms with Gasteiger partial charge in [-0.2, -0.15) is 0 Å². The minimum Gasteiger partial charge on any atom is -0.370 e. The Kier molecular flexibility index (Phi) is 4.83. The van der Waals surface area contributed by atoms with Crippen LogP contribution in [0.1, 0.15) is 50.7 Å². The molecule has 4 heteroatoms. The van der Waals surface area contributed by atoms with E-state index in [4.69, 9.17) is 10.5 Å². The van der Waals surface area contributed by atoms with Crippen LogP contribution in [0.2, 0.25) is 0 Å². The van der Waals surface area contributed by atoms with E-state index in [0.717, 1.165) is 18.4 Å². The first kappa shape index (κ1) is 17.0. The maximum Gasteiger partial charge on any atom is 0.226 e. The van der Waals surface area contributed by atoms with Crippen LogP contribution < -0.4 is 5.73 Å². The molecule has 1 amide bonds. The number of ether oxygens (including phenoxy) is 1. The van der Waals surface area contributed by atoms with Gasteiger partial charge in [0.15, 0.2) is 0 Å². The molecule has 2 aliphatic carbocycles. The summed E-state index contributed by atoms with van der Waals surface area (Å²) in [7, 11) is 0. The lowest BCUT2D eigenvalue weighted by Crippen LogP contribution is -2.54. The lowest BCUT2D eigenvalue weighted by Gasteiger charge is -2.46. The fraction of sp³-hybridized carbons (Fsp3) is 0.667. The Balaban J connectivity index is 1.47. The molecule has 3 fully saturated rings. The maximum atomic E-state index is 13.3. The molecule has 0 aromatic heterocycles. The minimum absolute atomic E-state index is 0.00769. The highest BCUT2D eigenvalue weighted by molar-refractivity contribution is 5.79. The summed E-state index contributed by atoms with van der Waals surface area (Å²) >= 11 is 0. The number of carbonyl (C=O) groups is 1. The van der Waals surface area contributed by atoms with Gasteiger partial charge in [-0.3, -0.25) is 4.79 Å². The molecule has 1 heterocycles. The number of fused-ring (bicyclic) bond motifs is 2. The van der Waals surface area contributed by atoms with Gasteiger partial charge < -0.3 is 15.4 Å². The standard InChI is InChI=1S/C21H30N2O2/c1-14-13-25-19(15-6-3-2-4-7-15)12-23(14)21(24)18-10-16-8-5-9-17(11-18)20(16)22/h2-4,6-7,14,16-20H,5,8-13,22H2,1H3. The predicted molar refractivity (Wildman–Crippen MR) is 97.8 cm³/mol. The maximum absolute atomic E-state index is 13.3. The Morgan fingerprint density at radius 3 is 2.52 bits per heavy atom. The van der Waals surface area contributed by atoms with Crippen LogP contribution in [0.25, 0.3) is 0 Å². The van der Waals surface area contributed by atoms with Gasteiger partial charge in [0.2, 0.25) is 5.91 Å². The SMILES string of the molecule is CC1COC(c2ccccc2)CN1C(=O)C1CC2CCCC(C1)C2N. The van der Waals surface area contributed by atoms with Gasteiger partial charge in [-0.25, -0.2) is 0 Å². The van der Waals surface area contributed by atoms with Crippen LogP contribution in [0.4, 0.5) is 0 Å². The second-order valence-electron chi connectivity index (χ2n) is 8.27. The van der Waals surface area contributed by atoms with Crippen molar-refractivity contribution in [2.24, 2.45) is 23.5 Å². The number of hydrogen-bond donors (Lipinski definition) is 1. The zero-order valence-corrected chi connectivity index (χ0v) is 15.1. The Morgan fingerprint density at radius 1 is 1.16 bits per heavy atom. The van der Waals surface area contributed by atoms with Crippen molar-refractivity contribution in [3.8, 4) is 0 Å². The van der Waals surface area contributed by atoms with Gasteiger partial charge in [-0.05, 0) is 50.0 Å². The molecule has 3 aliphatic rings. The third-order valence-corrected chi connectivity index (χ3v) is 6.65. The van der Waals surface area contributed by atoms with E-state index in [1.807, 2.05) is 18.2 Å². The molecule has 4 atom stereocenters. The average molecular weight is 342 g/mol. The molecule has 0 radical (unpaired) electrons. The highest BCUT2D eigenvalue weighted by atomic mass is 16.5. The number of hydrogen-bond acceptors (Lipinski definition) is 3. The molecule has 1 saturated heterocycles. The normalized spacial score (nSPS) is 38.4.